The number of nitrogens with two attached hydrogens (primary N) is 1. The lowest BCUT2D eigenvalue weighted by Crippen LogP contribution is -2.49. The van der Waals surface area contributed by atoms with Crippen LogP contribution in [0.3, 0.4) is 0 Å². The van der Waals surface area contributed by atoms with Gasteiger partial charge in [-0.15, -0.1) is 0 Å². The lowest BCUT2D eigenvalue weighted by molar-refractivity contribution is 0.0224. The van der Waals surface area contributed by atoms with Crippen molar-refractivity contribution in [1.29, 1.82) is 0 Å². The van der Waals surface area contributed by atoms with Crippen LogP contribution in [0.2, 0.25) is 0 Å². The third kappa shape index (κ3) is 4.56. The number of rotatable bonds is 3. The number of ether oxygens (including phenoxy) is 2. The summed E-state index contributed by atoms with van der Waals surface area (Å²) in [7, 11) is 0. The standard InChI is InChI=1S/C15H29N3O3/c1-15(2,3)21-14(19)18-7-6-11(9-18)13(17-16)12-5-4-8-20-10-12/h11-13,17H,4-10,16H2,1-3H3. The number of carbonyl (C=O) groups is 1. The number of amides is 1. The zero-order valence-corrected chi connectivity index (χ0v) is 13.4. The molecule has 2 aliphatic rings. The Hall–Kier alpha value is -0.850. The zero-order valence-electron chi connectivity index (χ0n) is 13.4. The molecule has 0 radical (unpaired) electrons. The molecule has 2 aliphatic heterocycles. The van der Waals surface area contributed by atoms with Crippen LogP contribution in [-0.4, -0.2) is 48.9 Å². The molecular weight excluding hydrogens is 270 g/mol. The molecule has 0 aromatic carbocycles. The summed E-state index contributed by atoms with van der Waals surface area (Å²) in [4.78, 5) is 13.9. The molecule has 0 saturated carbocycles. The molecule has 122 valence electrons. The second-order valence-corrected chi connectivity index (χ2v) is 7.14. The van der Waals surface area contributed by atoms with Crippen molar-refractivity contribution >= 4 is 6.09 Å². The highest BCUT2D eigenvalue weighted by Crippen LogP contribution is 2.29. The zero-order chi connectivity index (χ0) is 15.5. The minimum absolute atomic E-state index is 0.206. The van der Waals surface area contributed by atoms with Crippen molar-refractivity contribution in [1.82, 2.24) is 10.3 Å². The Morgan fingerprint density at radius 2 is 2.14 bits per heavy atom. The first-order chi connectivity index (χ1) is 9.90. The first-order valence-electron chi connectivity index (χ1n) is 7.92. The van der Waals surface area contributed by atoms with Crippen molar-refractivity contribution in [3.63, 3.8) is 0 Å². The largest absolute Gasteiger partial charge is 0.444 e. The van der Waals surface area contributed by atoms with Crippen molar-refractivity contribution in [2.75, 3.05) is 26.3 Å². The molecule has 6 heteroatoms. The average Bonchev–Trinajstić information content (AvgIpc) is 2.89. The second kappa shape index (κ2) is 6.94. The van der Waals surface area contributed by atoms with Crippen molar-refractivity contribution in [3.05, 3.63) is 0 Å². The normalized spacial score (nSPS) is 28.5. The van der Waals surface area contributed by atoms with Crippen molar-refractivity contribution in [3.8, 4) is 0 Å². The van der Waals surface area contributed by atoms with Crippen molar-refractivity contribution in [2.45, 2.75) is 51.7 Å². The van der Waals surface area contributed by atoms with Gasteiger partial charge in [0.15, 0.2) is 0 Å². The van der Waals surface area contributed by atoms with Gasteiger partial charge in [0, 0.05) is 25.7 Å². The highest BCUT2D eigenvalue weighted by Gasteiger charge is 2.37. The Morgan fingerprint density at radius 1 is 1.38 bits per heavy atom. The highest BCUT2D eigenvalue weighted by atomic mass is 16.6. The van der Waals surface area contributed by atoms with Crippen molar-refractivity contribution in [2.24, 2.45) is 17.7 Å². The average molecular weight is 299 g/mol. The van der Waals surface area contributed by atoms with Gasteiger partial charge in [-0.05, 0) is 51.9 Å². The van der Waals surface area contributed by atoms with Crippen LogP contribution < -0.4 is 11.3 Å². The third-order valence-electron chi connectivity index (χ3n) is 4.28. The predicted octanol–water partition coefficient (Wildman–Crippen LogP) is 1.50. The number of nitrogens with one attached hydrogen (secondary N) is 1. The van der Waals surface area contributed by atoms with Crippen LogP contribution in [0, 0.1) is 11.8 Å². The topological polar surface area (TPSA) is 76.8 Å². The summed E-state index contributed by atoms with van der Waals surface area (Å²) in [6.45, 7) is 8.73. The van der Waals surface area contributed by atoms with E-state index in [-0.39, 0.29) is 12.1 Å². The Balaban J connectivity index is 1.89. The fourth-order valence-electron chi connectivity index (χ4n) is 3.28. The van der Waals surface area contributed by atoms with E-state index in [2.05, 4.69) is 5.43 Å². The Bertz CT molecular complexity index is 351. The Kier molecular flexibility index (Phi) is 5.46. The van der Waals surface area contributed by atoms with Gasteiger partial charge in [0.05, 0.1) is 6.61 Å². The van der Waals surface area contributed by atoms with E-state index in [4.69, 9.17) is 15.3 Å². The van der Waals surface area contributed by atoms with Crippen LogP contribution in [-0.2, 0) is 9.47 Å². The first kappa shape index (κ1) is 16.5. The molecule has 3 atom stereocenters. The van der Waals surface area contributed by atoms with E-state index in [0.717, 1.165) is 39.0 Å². The molecule has 3 unspecified atom stereocenters. The minimum Gasteiger partial charge on any atom is -0.444 e. The fraction of sp³-hybridized carbons (Fsp3) is 0.933. The van der Waals surface area contributed by atoms with Crippen LogP contribution in [0.4, 0.5) is 4.79 Å². The number of hydrazine groups is 1. The van der Waals surface area contributed by atoms with Gasteiger partial charge in [-0.2, -0.15) is 0 Å². The van der Waals surface area contributed by atoms with Gasteiger partial charge in [0.25, 0.3) is 0 Å². The molecule has 0 aliphatic carbocycles. The lowest BCUT2D eigenvalue weighted by Gasteiger charge is -2.33. The number of likely N-dealkylation sites (tertiary alicyclic amines) is 1. The molecule has 1 amide bonds. The second-order valence-electron chi connectivity index (χ2n) is 7.14. The Morgan fingerprint density at radius 3 is 2.71 bits per heavy atom. The number of carbonyl (C=O) groups excluding carboxylic acids is 1. The van der Waals surface area contributed by atoms with Gasteiger partial charge >= 0.3 is 6.09 Å². The van der Waals surface area contributed by atoms with E-state index < -0.39 is 5.60 Å². The van der Waals surface area contributed by atoms with E-state index in [0.29, 0.717) is 18.4 Å². The number of nitrogens with zero attached hydrogens (tertiary/aromatic N) is 1. The predicted molar refractivity (Wildman–Crippen MR) is 80.6 cm³/mol. The summed E-state index contributed by atoms with van der Waals surface area (Å²) in [6, 6.07) is 0.206. The molecule has 2 heterocycles. The number of hydrogen-bond acceptors (Lipinski definition) is 5. The summed E-state index contributed by atoms with van der Waals surface area (Å²) in [5, 5.41) is 0. The summed E-state index contributed by atoms with van der Waals surface area (Å²) >= 11 is 0. The first-order valence-corrected chi connectivity index (χ1v) is 7.92. The summed E-state index contributed by atoms with van der Waals surface area (Å²) < 4.78 is 11.0. The minimum atomic E-state index is -0.447. The fourth-order valence-corrected chi connectivity index (χ4v) is 3.28. The van der Waals surface area contributed by atoms with Crippen LogP contribution in [0.25, 0.3) is 0 Å². The summed E-state index contributed by atoms with van der Waals surface area (Å²) in [5.74, 6) is 6.57. The summed E-state index contributed by atoms with van der Waals surface area (Å²) in [6.07, 6.45) is 2.97. The maximum Gasteiger partial charge on any atom is 0.410 e. The third-order valence-corrected chi connectivity index (χ3v) is 4.28. The molecular formula is C15H29N3O3. The molecule has 3 N–H and O–H groups in total. The van der Waals surface area contributed by atoms with Crippen LogP contribution >= 0.6 is 0 Å². The Labute approximate surface area is 127 Å². The van der Waals surface area contributed by atoms with E-state index >= 15 is 0 Å². The SMILES string of the molecule is CC(C)(C)OC(=O)N1CCC(C(NN)C2CCCOC2)C1. The van der Waals surface area contributed by atoms with Gasteiger partial charge in [-0.25, -0.2) is 4.79 Å². The van der Waals surface area contributed by atoms with Gasteiger partial charge in [0.1, 0.15) is 5.60 Å². The summed E-state index contributed by atoms with van der Waals surface area (Å²) in [5.41, 5.74) is 2.52. The van der Waals surface area contributed by atoms with E-state index in [1.165, 1.54) is 0 Å². The van der Waals surface area contributed by atoms with E-state index in [1.54, 1.807) is 4.90 Å². The highest BCUT2D eigenvalue weighted by molar-refractivity contribution is 5.68. The monoisotopic (exact) mass is 299 g/mol. The molecule has 0 aromatic heterocycles. The molecule has 21 heavy (non-hydrogen) atoms. The van der Waals surface area contributed by atoms with Crippen LogP contribution in [0.1, 0.15) is 40.0 Å². The molecule has 0 bridgehead atoms. The maximum atomic E-state index is 12.1. The quantitative estimate of drug-likeness (QED) is 0.610. The van der Waals surface area contributed by atoms with Crippen LogP contribution in [0.5, 0.6) is 0 Å². The lowest BCUT2D eigenvalue weighted by atomic mass is 9.85. The molecule has 0 spiro atoms. The van der Waals surface area contributed by atoms with E-state index in [9.17, 15) is 4.79 Å². The van der Waals surface area contributed by atoms with Gasteiger partial charge in [-0.1, -0.05) is 0 Å². The number of hydrogen-bond donors (Lipinski definition) is 2. The van der Waals surface area contributed by atoms with Crippen LogP contribution in [0.15, 0.2) is 0 Å². The van der Waals surface area contributed by atoms with E-state index in [1.807, 2.05) is 20.8 Å². The molecule has 6 nitrogen and oxygen atoms in total. The van der Waals surface area contributed by atoms with Crippen molar-refractivity contribution < 1.29 is 14.3 Å². The maximum absolute atomic E-state index is 12.1. The van der Waals surface area contributed by atoms with Gasteiger partial charge in [0.2, 0.25) is 0 Å². The molecule has 0 aromatic rings. The van der Waals surface area contributed by atoms with Gasteiger partial charge < -0.3 is 14.4 Å². The van der Waals surface area contributed by atoms with Gasteiger partial charge in [-0.3, -0.25) is 11.3 Å². The molecule has 2 rings (SSSR count). The molecule has 2 saturated heterocycles. The molecule has 2 fully saturated rings. The smallest absolute Gasteiger partial charge is 0.410 e.